The van der Waals surface area contributed by atoms with Gasteiger partial charge in [0.2, 0.25) is 0 Å². The molecule has 0 aliphatic carbocycles. The Kier molecular flexibility index (Phi) is 10.0. The first-order valence-electron chi connectivity index (χ1n) is 13.2. The summed E-state index contributed by atoms with van der Waals surface area (Å²) in [5.74, 6) is -0.00837. The van der Waals surface area contributed by atoms with E-state index in [4.69, 9.17) is 34.0 Å². The summed E-state index contributed by atoms with van der Waals surface area (Å²) in [5, 5.41) is 22.4. The quantitative estimate of drug-likeness (QED) is 0.361. The van der Waals surface area contributed by atoms with Crippen molar-refractivity contribution < 1.29 is 15.0 Å². The number of piperazine rings is 1. The summed E-state index contributed by atoms with van der Waals surface area (Å²) in [6, 6.07) is 8.51. The zero-order chi connectivity index (χ0) is 27.2. The van der Waals surface area contributed by atoms with Gasteiger partial charge in [0, 0.05) is 56.4 Å². The second-order valence-corrected chi connectivity index (χ2v) is 10.6. The van der Waals surface area contributed by atoms with E-state index in [1.165, 1.54) is 0 Å². The van der Waals surface area contributed by atoms with Crippen LogP contribution in [-0.2, 0) is 0 Å². The molecule has 2 aromatic rings. The lowest BCUT2D eigenvalue weighted by Gasteiger charge is -2.48. The smallest absolute Gasteiger partial charge is 0.273 e. The number of nitrogen functional groups attached to an aromatic ring is 1. The zero-order valence-electron chi connectivity index (χ0n) is 21.7. The Morgan fingerprint density at radius 2 is 1.84 bits per heavy atom. The Hall–Kier alpha value is -2.21. The maximum absolute atomic E-state index is 12.3. The number of carbonyl (C=O) groups excluding carboxylic acids is 1. The average molecular weight is 567 g/mol. The van der Waals surface area contributed by atoms with Gasteiger partial charge in [0.05, 0.1) is 19.3 Å². The molecule has 208 valence electrons. The minimum atomic E-state index is -0.514. The molecule has 2 saturated heterocycles. The summed E-state index contributed by atoms with van der Waals surface area (Å²) >= 11 is 12.5. The molecular weight excluding hydrogens is 529 g/mol. The van der Waals surface area contributed by atoms with Crippen molar-refractivity contribution in [2.24, 2.45) is 0 Å². The van der Waals surface area contributed by atoms with Gasteiger partial charge in [-0.2, -0.15) is 0 Å². The number of piperidine rings is 1. The van der Waals surface area contributed by atoms with E-state index >= 15 is 0 Å². The van der Waals surface area contributed by atoms with Crippen LogP contribution in [0.4, 0.5) is 11.6 Å². The molecule has 1 aromatic heterocycles. The van der Waals surface area contributed by atoms with Crippen LogP contribution in [0.15, 0.2) is 24.3 Å². The number of anilines is 2. The number of likely N-dealkylation sites (tertiary alicyclic amines) is 1. The van der Waals surface area contributed by atoms with E-state index in [0.29, 0.717) is 22.9 Å². The lowest BCUT2D eigenvalue weighted by Crippen LogP contribution is -2.58. The van der Waals surface area contributed by atoms with Crippen molar-refractivity contribution in [3.63, 3.8) is 0 Å². The van der Waals surface area contributed by atoms with E-state index in [2.05, 4.69) is 36.9 Å². The number of benzene rings is 1. The van der Waals surface area contributed by atoms with Crippen molar-refractivity contribution in [2.45, 2.75) is 44.3 Å². The van der Waals surface area contributed by atoms with Crippen LogP contribution < -0.4 is 16.0 Å². The van der Waals surface area contributed by atoms with Gasteiger partial charge in [-0.3, -0.25) is 14.6 Å². The van der Waals surface area contributed by atoms with Crippen LogP contribution in [0.25, 0.3) is 0 Å². The van der Waals surface area contributed by atoms with Gasteiger partial charge in [0.15, 0.2) is 22.5 Å². The van der Waals surface area contributed by atoms with Gasteiger partial charge in [-0.15, -0.1) is 0 Å². The molecule has 12 heteroatoms. The molecule has 0 radical (unpaired) electrons. The summed E-state index contributed by atoms with van der Waals surface area (Å²) < 4.78 is 0. The minimum Gasteiger partial charge on any atom is -0.395 e. The molecule has 1 aromatic carbocycles. The number of amides is 1. The number of rotatable bonds is 9. The van der Waals surface area contributed by atoms with Crippen molar-refractivity contribution in [3.05, 3.63) is 45.7 Å². The molecule has 0 unspecified atom stereocenters. The Balaban J connectivity index is 1.38. The first-order chi connectivity index (χ1) is 18.4. The van der Waals surface area contributed by atoms with E-state index < -0.39 is 5.91 Å². The molecule has 0 bridgehead atoms. The molecule has 3 heterocycles. The van der Waals surface area contributed by atoms with Crippen LogP contribution in [0.1, 0.15) is 48.3 Å². The number of aliphatic hydroxyl groups excluding tert-OH is 2. The van der Waals surface area contributed by atoms with Gasteiger partial charge < -0.3 is 26.2 Å². The van der Waals surface area contributed by atoms with E-state index in [1.54, 1.807) is 0 Å². The first kappa shape index (κ1) is 28.8. The highest BCUT2D eigenvalue weighted by molar-refractivity contribution is 6.32. The lowest BCUT2D eigenvalue weighted by molar-refractivity contribution is 0.0356. The third-order valence-corrected chi connectivity index (χ3v) is 8.12. The lowest BCUT2D eigenvalue weighted by atomic mass is 9.96. The number of nitrogens with two attached hydrogens (primary N) is 1. The summed E-state index contributed by atoms with van der Waals surface area (Å²) in [6.07, 6.45) is 3.04. The minimum absolute atomic E-state index is 0.0156. The molecule has 2 atom stereocenters. The Bertz CT molecular complexity index is 1080. The summed E-state index contributed by atoms with van der Waals surface area (Å²) in [6.45, 7) is 6.35. The number of halogens is 2. The number of hydrogen-bond donors (Lipinski definition) is 4. The van der Waals surface area contributed by atoms with Gasteiger partial charge >= 0.3 is 0 Å². The molecule has 4 rings (SSSR count). The molecule has 5 N–H and O–H groups in total. The molecule has 2 aliphatic rings. The average Bonchev–Trinajstić information content (AvgIpc) is 2.94. The number of nitrogens with one attached hydrogen (secondary N) is 1. The molecule has 0 spiro atoms. The molecule has 2 aliphatic heterocycles. The Morgan fingerprint density at radius 1 is 1.13 bits per heavy atom. The Labute approximate surface area is 233 Å². The maximum Gasteiger partial charge on any atom is 0.273 e. The van der Waals surface area contributed by atoms with E-state index in [9.17, 15) is 9.90 Å². The maximum atomic E-state index is 12.3. The molecule has 0 saturated carbocycles. The third-order valence-electron chi connectivity index (χ3n) is 7.61. The first-order valence-corrected chi connectivity index (χ1v) is 13.9. The highest BCUT2D eigenvalue weighted by Crippen LogP contribution is 2.31. The van der Waals surface area contributed by atoms with Crippen molar-refractivity contribution in [1.82, 2.24) is 25.1 Å². The van der Waals surface area contributed by atoms with Crippen LogP contribution >= 0.6 is 23.2 Å². The Morgan fingerprint density at radius 3 is 2.47 bits per heavy atom. The standard InChI is InChI=1S/C26H37Cl2N7O3/c1-2-19-15-34(25-23(28)31-22(24(29)32-25)26(38)30-9-14-36)12-13-35(19)20-7-10-33(11-8-20)21(16-37)17-3-5-18(27)6-4-17/h3-6,19-21,36-37H,2,7-16H2,1H3,(H2,29,32)(H,30,38)/t19-,21+/m0/s1. The van der Waals surface area contributed by atoms with Gasteiger partial charge in [-0.1, -0.05) is 42.3 Å². The fourth-order valence-corrected chi connectivity index (χ4v) is 5.96. The predicted molar refractivity (Wildman–Crippen MR) is 150 cm³/mol. The van der Waals surface area contributed by atoms with Gasteiger partial charge in [-0.25, -0.2) is 9.97 Å². The normalized spacial score (nSPS) is 20.4. The van der Waals surface area contributed by atoms with Crippen molar-refractivity contribution in [2.75, 3.05) is 63.1 Å². The van der Waals surface area contributed by atoms with Crippen LogP contribution in [0.3, 0.4) is 0 Å². The van der Waals surface area contributed by atoms with Crippen molar-refractivity contribution >= 4 is 40.7 Å². The SMILES string of the molecule is CC[C@H]1CN(c2nc(N)c(C(=O)NCCO)nc2Cl)CCN1C1CCN([C@H](CO)c2ccc(Cl)cc2)CC1. The zero-order valence-corrected chi connectivity index (χ0v) is 23.2. The summed E-state index contributed by atoms with van der Waals surface area (Å²) in [7, 11) is 0. The van der Waals surface area contributed by atoms with Crippen molar-refractivity contribution in [3.8, 4) is 0 Å². The van der Waals surface area contributed by atoms with Gasteiger partial charge in [0.1, 0.15) is 0 Å². The molecule has 38 heavy (non-hydrogen) atoms. The van der Waals surface area contributed by atoms with Gasteiger partial charge in [0.25, 0.3) is 5.91 Å². The molecule has 1 amide bonds. The second-order valence-electron chi connectivity index (χ2n) is 9.81. The van der Waals surface area contributed by atoms with E-state index in [1.807, 2.05) is 24.3 Å². The topological polar surface area (TPSA) is 131 Å². The van der Waals surface area contributed by atoms with Crippen LogP contribution in [0.2, 0.25) is 10.2 Å². The van der Waals surface area contributed by atoms with E-state index in [-0.39, 0.29) is 42.5 Å². The fourth-order valence-electron chi connectivity index (χ4n) is 5.59. The van der Waals surface area contributed by atoms with Gasteiger partial charge in [-0.05, 0) is 37.0 Å². The van der Waals surface area contributed by atoms with Crippen LogP contribution in [-0.4, -0.2) is 100 Å². The highest BCUT2D eigenvalue weighted by atomic mass is 35.5. The van der Waals surface area contributed by atoms with Crippen LogP contribution in [0, 0.1) is 0 Å². The van der Waals surface area contributed by atoms with Crippen molar-refractivity contribution in [1.29, 1.82) is 0 Å². The third kappa shape index (κ3) is 6.50. The number of hydrogen-bond acceptors (Lipinski definition) is 9. The molecule has 10 nitrogen and oxygen atoms in total. The largest absolute Gasteiger partial charge is 0.395 e. The monoisotopic (exact) mass is 565 g/mol. The fraction of sp³-hybridized carbons (Fsp3) is 0.577. The number of aliphatic hydroxyl groups is 2. The highest BCUT2D eigenvalue weighted by Gasteiger charge is 2.35. The van der Waals surface area contributed by atoms with E-state index in [0.717, 1.165) is 57.5 Å². The number of carbonyl (C=O) groups is 1. The van der Waals surface area contributed by atoms with Crippen LogP contribution in [0.5, 0.6) is 0 Å². The summed E-state index contributed by atoms with van der Waals surface area (Å²) in [4.78, 5) is 28.0. The number of aromatic nitrogens is 2. The molecule has 2 fully saturated rings. The number of nitrogens with zero attached hydrogens (tertiary/aromatic N) is 5. The molecular formula is C26H37Cl2N7O3. The second kappa shape index (κ2) is 13.2. The summed E-state index contributed by atoms with van der Waals surface area (Å²) in [5.41, 5.74) is 7.11. The predicted octanol–water partition coefficient (Wildman–Crippen LogP) is 2.19.